The Morgan fingerprint density at radius 3 is 2.48 bits per heavy atom. The van der Waals surface area contributed by atoms with Crippen molar-refractivity contribution in [2.45, 2.75) is 55.4 Å². The Labute approximate surface area is 280 Å². The number of nitriles is 1. The summed E-state index contributed by atoms with van der Waals surface area (Å²) in [4.78, 5) is 65.7. The molecule has 2 aromatic carbocycles. The number of thiophene rings is 1. The number of likely N-dealkylation sites (N-methyl/N-ethyl adjacent to an activating group) is 1. The van der Waals surface area contributed by atoms with Gasteiger partial charge in [0.15, 0.2) is 0 Å². The fraction of sp³-hybridized carbons (Fsp3) is 0.455. The number of halogens is 2. The van der Waals surface area contributed by atoms with Crippen molar-refractivity contribution < 1.29 is 37.5 Å². The van der Waals surface area contributed by atoms with Gasteiger partial charge in [0.2, 0.25) is 11.8 Å². The maximum absolute atomic E-state index is 14.3. The number of alkyl halides is 2. The van der Waals surface area contributed by atoms with Crippen LogP contribution in [0, 0.1) is 17.2 Å². The number of likely N-dealkylation sites (tertiary alicyclic amines) is 1. The van der Waals surface area contributed by atoms with Gasteiger partial charge in [0.1, 0.15) is 12.1 Å². The van der Waals surface area contributed by atoms with Gasteiger partial charge in [-0.15, -0.1) is 11.3 Å². The standard InChI is InChI=1S/C33H36F2N5O6PS/c1-38-17-24-9-5-6-10-26(37-30(41)29-14-21-13-23(11-12-28(21)48-29)33(34,35)47(44,45)46)31(42)40(24)27(19-38)32(43)39-16-22(15-36)25(18-39)20-7-3-2-4-8-20/h2-4,7-8,11-14,22,24-27H,5-6,9-10,16-19H2,1H3,(H,37,41)(H2,44,45,46)/t22-,24-,25+,26-,27-/m0/s1. The first-order valence-electron chi connectivity index (χ1n) is 15.8. The number of carbonyl (C=O) groups excluding carboxylic acids is 3. The van der Waals surface area contributed by atoms with Crippen LogP contribution >= 0.6 is 18.9 Å². The van der Waals surface area contributed by atoms with Crippen molar-refractivity contribution in [2.24, 2.45) is 5.92 Å². The van der Waals surface area contributed by atoms with E-state index in [-0.39, 0.29) is 46.5 Å². The first-order chi connectivity index (χ1) is 22.8. The third-order valence-electron chi connectivity index (χ3n) is 9.64. The summed E-state index contributed by atoms with van der Waals surface area (Å²) >= 11 is 1.01. The van der Waals surface area contributed by atoms with E-state index in [4.69, 9.17) is 9.79 Å². The number of rotatable bonds is 6. The van der Waals surface area contributed by atoms with Crippen molar-refractivity contribution in [3.63, 3.8) is 0 Å². The summed E-state index contributed by atoms with van der Waals surface area (Å²) in [6.07, 6.45) is 2.51. The molecule has 0 spiro atoms. The number of piperazine rings is 1. The summed E-state index contributed by atoms with van der Waals surface area (Å²) in [5.41, 5.74) is -4.28. The van der Waals surface area contributed by atoms with E-state index in [0.29, 0.717) is 43.6 Å². The lowest BCUT2D eigenvalue weighted by Gasteiger charge is -2.48. The Balaban J connectivity index is 1.23. The number of nitrogens with zero attached hydrogens (tertiary/aromatic N) is 4. The van der Waals surface area contributed by atoms with E-state index in [9.17, 15) is 33.0 Å². The van der Waals surface area contributed by atoms with Crippen molar-refractivity contribution in [3.05, 3.63) is 70.6 Å². The number of hydrogen-bond acceptors (Lipinski definition) is 7. The smallest absolute Gasteiger partial charge is 0.340 e. The molecule has 11 nitrogen and oxygen atoms in total. The van der Waals surface area contributed by atoms with Crippen molar-refractivity contribution >= 4 is 46.7 Å². The van der Waals surface area contributed by atoms with E-state index in [1.807, 2.05) is 42.3 Å². The average Bonchev–Trinajstić information content (AvgIpc) is 3.69. The molecule has 3 aliphatic heterocycles. The number of benzene rings is 2. The summed E-state index contributed by atoms with van der Waals surface area (Å²) in [5, 5.41) is 13.0. The fourth-order valence-electron chi connectivity index (χ4n) is 7.19. The van der Waals surface area contributed by atoms with E-state index in [1.165, 1.54) is 12.1 Å². The molecule has 5 atom stereocenters. The molecule has 0 aliphatic carbocycles. The second-order valence-electron chi connectivity index (χ2n) is 12.9. The van der Waals surface area contributed by atoms with Crippen LogP contribution < -0.4 is 5.32 Å². The number of hydrogen-bond donors (Lipinski definition) is 3. The first-order valence-corrected chi connectivity index (χ1v) is 18.2. The Morgan fingerprint density at radius 1 is 1.04 bits per heavy atom. The largest absolute Gasteiger partial charge is 0.399 e. The molecule has 3 aromatic rings. The van der Waals surface area contributed by atoms with E-state index in [1.54, 1.807) is 9.80 Å². The van der Waals surface area contributed by atoms with Crippen LogP contribution in [0.4, 0.5) is 8.78 Å². The molecule has 48 heavy (non-hydrogen) atoms. The van der Waals surface area contributed by atoms with Gasteiger partial charge >= 0.3 is 13.3 Å². The van der Waals surface area contributed by atoms with Gasteiger partial charge in [0.05, 0.1) is 16.9 Å². The lowest BCUT2D eigenvalue weighted by atomic mass is 9.90. The molecule has 254 valence electrons. The Bertz CT molecular complexity index is 1810. The van der Waals surface area contributed by atoms with Crippen LogP contribution in [-0.2, 0) is 19.8 Å². The molecule has 4 heterocycles. The van der Waals surface area contributed by atoms with E-state index in [0.717, 1.165) is 35.5 Å². The molecule has 0 unspecified atom stereocenters. The monoisotopic (exact) mass is 699 g/mol. The molecule has 3 saturated heterocycles. The second-order valence-corrected chi connectivity index (χ2v) is 15.6. The predicted octanol–water partition coefficient (Wildman–Crippen LogP) is 4.08. The quantitative estimate of drug-likeness (QED) is 0.326. The van der Waals surface area contributed by atoms with Crippen LogP contribution in [0.25, 0.3) is 10.1 Å². The number of nitrogens with one attached hydrogen (secondary N) is 1. The van der Waals surface area contributed by atoms with Gasteiger partial charge in [0, 0.05) is 48.4 Å². The lowest BCUT2D eigenvalue weighted by Crippen LogP contribution is -2.67. The summed E-state index contributed by atoms with van der Waals surface area (Å²) < 4.78 is 40.5. The molecule has 0 bridgehead atoms. The zero-order chi connectivity index (χ0) is 34.4. The third kappa shape index (κ3) is 6.50. The van der Waals surface area contributed by atoms with Gasteiger partial charge in [-0.3, -0.25) is 18.9 Å². The third-order valence-corrected chi connectivity index (χ3v) is 11.7. The summed E-state index contributed by atoms with van der Waals surface area (Å²) in [5.74, 6) is -1.71. The molecule has 0 saturated carbocycles. The fourth-order valence-corrected chi connectivity index (χ4v) is 8.61. The van der Waals surface area contributed by atoms with Gasteiger partial charge < -0.3 is 29.8 Å². The molecule has 15 heteroatoms. The highest BCUT2D eigenvalue weighted by molar-refractivity contribution is 7.52. The molecular formula is C33H36F2N5O6PS. The summed E-state index contributed by atoms with van der Waals surface area (Å²) in [6, 6.07) is 14.5. The van der Waals surface area contributed by atoms with Gasteiger partial charge in [-0.25, -0.2) is 0 Å². The lowest BCUT2D eigenvalue weighted by molar-refractivity contribution is -0.154. The zero-order valence-electron chi connectivity index (χ0n) is 26.2. The molecule has 3 fully saturated rings. The highest BCUT2D eigenvalue weighted by atomic mass is 32.1. The maximum atomic E-state index is 14.3. The molecule has 3 aliphatic rings. The summed E-state index contributed by atoms with van der Waals surface area (Å²) in [7, 11) is -3.86. The van der Waals surface area contributed by atoms with Crippen molar-refractivity contribution in [1.29, 1.82) is 5.26 Å². The SMILES string of the molecule is CN1C[C@@H]2CCCC[C@H](NC(=O)c3cc4cc(C(F)(F)P(=O)(O)O)ccc4s3)C(=O)N2[C@H](C(=O)N2C[C@H](c3ccccc3)[C@@H](C#N)C2)C1. The molecule has 3 N–H and O–H groups in total. The minimum absolute atomic E-state index is 0.144. The summed E-state index contributed by atoms with van der Waals surface area (Å²) in [6.45, 7) is 1.50. The van der Waals surface area contributed by atoms with Crippen LogP contribution in [0.1, 0.15) is 52.4 Å². The van der Waals surface area contributed by atoms with Crippen LogP contribution in [0.3, 0.4) is 0 Å². The van der Waals surface area contributed by atoms with Crippen LogP contribution in [-0.4, -0.2) is 93.6 Å². The zero-order valence-corrected chi connectivity index (χ0v) is 27.9. The molecule has 3 amide bonds. The maximum Gasteiger partial charge on any atom is 0.399 e. The van der Waals surface area contributed by atoms with Gasteiger partial charge in [-0.1, -0.05) is 49.2 Å². The van der Waals surface area contributed by atoms with E-state index < -0.39 is 36.8 Å². The molecule has 6 rings (SSSR count). The number of fused-ring (bicyclic) bond motifs is 2. The van der Waals surface area contributed by atoms with Gasteiger partial charge in [-0.2, -0.15) is 14.0 Å². The predicted molar refractivity (Wildman–Crippen MR) is 174 cm³/mol. The highest BCUT2D eigenvalue weighted by Gasteiger charge is 2.50. The van der Waals surface area contributed by atoms with Crippen LogP contribution in [0.2, 0.25) is 0 Å². The van der Waals surface area contributed by atoms with E-state index >= 15 is 0 Å². The highest BCUT2D eigenvalue weighted by Crippen LogP contribution is 2.59. The minimum Gasteiger partial charge on any atom is -0.340 e. The van der Waals surface area contributed by atoms with Crippen LogP contribution in [0.5, 0.6) is 0 Å². The van der Waals surface area contributed by atoms with Gasteiger partial charge in [-0.05, 0) is 49.0 Å². The van der Waals surface area contributed by atoms with Gasteiger partial charge in [0.25, 0.3) is 5.91 Å². The van der Waals surface area contributed by atoms with Crippen molar-refractivity contribution in [3.8, 4) is 6.07 Å². The Hall–Kier alpha value is -3.73. The number of amides is 3. The topological polar surface area (TPSA) is 154 Å². The Kier molecular flexibility index (Phi) is 9.45. The number of carbonyl (C=O) groups is 3. The molecule has 1 aromatic heterocycles. The minimum atomic E-state index is -5.77. The average molecular weight is 700 g/mol. The van der Waals surface area contributed by atoms with Crippen molar-refractivity contribution in [2.75, 3.05) is 33.2 Å². The van der Waals surface area contributed by atoms with Crippen LogP contribution in [0.15, 0.2) is 54.6 Å². The molecular weight excluding hydrogens is 663 g/mol. The normalized spacial score (nSPS) is 25.7. The second kappa shape index (κ2) is 13.3. The molecule has 0 radical (unpaired) electrons. The Morgan fingerprint density at radius 2 is 1.77 bits per heavy atom. The van der Waals surface area contributed by atoms with E-state index in [2.05, 4.69) is 11.4 Å². The van der Waals surface area contributed by atoms with Crippen molar-refractivity contribution in [1.82, 2.24) is 20.0 Å². The first kappa shape index (κ1) is 34.1.